The topological polar surface area (TPSA) is 78.9 Å². The quantitative estimate of drug-likeness (QED) is 0.743. The average Bonchev–Trinajstić information content (AvgIpc) is 2.43. The summed E-state index contributed by atoms with van der Waals surface area (Å²) in [6.45, 7) is 0.319. The van der Waals surface area contributed by atoms with Gasteiger partial charge in [-0.25, -0.2) is 4.79 Å². The van der Waals surface area contributed by atoms with Crippen LogP contribution in [0, 0.1) is 0 Å². The number of carbonyl (C=O) groups is 2. The van der Waals surface area contributed by atoms with Crippen LogP contribution in [-0.4, -0.2) is 66.4 Å². The number of carbonyl (C=O) groups excluding carboxylic acids is 1. The molecule has 0 heterocycles. The van der Waals surface area contributed by atoms with E-state index in [0.717, 1.165) is 19.3 Å². The fraction of sp³-hybridized carbons (Fsp3) is 0.846. The van der Waals surface area contributed by atoms with Crippen molar-refractivity contribution < 1.29 is 19.4 Å². The van der Waals surface area contributed by atoms with Crippen molar-refractivity contribution in [1.29, 1.82) is 0 Å². The van der Waals surface area contributed by atoms with Crippen molar-refractivity contribution in [3.8, 4) is 0 Å². The number of rotatable bonds is 7. The predicted octanol–water partition coefficient (Wildman–Crippen LogP) is 1.40. The second-order valence-corrected chi connectivity index (χ2v) is 6.12. The van der Waals surface area contributed by atoms with Crippen molar-refractivity contribution in [2.24, 2.45) is 0 Å². The zero-order chi connectivity index (χ0) is 15.0. The summed E-state index contributed by atoms with van der Waals surface area (Å²) in [5.74, 6) is -1.01. The number of hydrogen-bond acceptors (Lipinski definition) is 4. The van der Waals surface area contributed by atoms with Crippen molar-refractivity contribution in [3.63, 3.8) is 0 Å². The zero-order valence-electron chi connectivity index (χ0n) is 12.1. The average molecular weight is 304 g/mol. The number of nitrogens with one attached hydrogen (secondary N) is 1. The van der Waals surface area contributed by atoms with E-state index < -0.39 is 5.97 Å². The van der Waals surface area contributed by atoms with Gasteiger partial charge in [-0.15, -0.1) is 0 Å². The third-order valence-corrected chi connectivity index (χ3v) is 4.56. The second-order valence-electron chi connectivity index (χ2n) is 4.98. The van der Waals surface area contributed by atoms with Gasteiger partial charge in [0, 0.05) is 24.9 Å². The van der Waals surface area contributed by atoms with Crippen molar-refractivity contribution in [2.75, 3.05) is 33.1 Å². The van der Waals surface area contributed by atoms with Gasteiger partial charge in [-0.3, -0.25) is 4.79 Å². The lowest BCUT2D eigenvalue weighted by Gasteiger charge is -2.31. The van der Waals surface area contributed by atoms with Crippen molar-refractivity contribution in [2.45, 2.75) is 37.0 Å². The van der Waals surface area contributed by atoms with Gasteiger partial charge in [0.25, 0.3) is 0 Å². The van der Waals surface area contributed by atoms with E-state index in [2.05, 4.69) is 11.6 Å². The van der Waals surface area contributed by atoms with Crippen LogP contribution in [0.15, 0.2) is 0 Å². The van der Waals surface area contributed by atoms with Crippen LogP contribution < -0.4 is 5.32 Å². The van der Waals surface area contributed by atoms with Crippen LogP contribution in [-0.2, 0) is 9.53 Å². The number of aliphatic carboxylic acids is 1. The van der Waals surface area contributed by atoms with E-state index >= 15 is 0 Å². The molecule has 0 saturated heterocycles. The molecule has 0 radical (unpaired) electrons. The first-order valence-corrected chi connectivity index (χ1v) is 8.14. The highest BCUT2D eigenvalue weighted by atomic mass is 32.2. The molecule has 0 aromatic carbocycles. The van der Waals surface area contributed by atoms with Gasteiger partial charge in [0.05, 0.1) is 6.61 Å². The molecule has 1 aliphatic carbocycles. The summed E-state index contributed by atoms with van der Waals surface area (Å²) in [4.78, 5) is 24.2. The highest BCUT2D eigenvalue weighted by Gasteiger charge is 2.25. The van der Waals surface area contributed by atoms with Gasteiger partial charge in [-0.05, 0) is 25.5 Å². The first-order valence-electron chi connectivity index (χ1n) is 6.85. The number of urea groups is 1. The van der Waals surface area contributed by atoms with Crippen LogP contribution in [0.5, 0.6) is 0 Å². The number of methoxy groups -OCH3 is 1. The van der Waals surface area contributed by atoms with E-state index in [4.69, 9.17) is 9.84 Å². The summed E-state index contributed by atoms with van der Waals surface area (Å²) in [5, 5.41) is 12.4. The van der Waals surface area contributed by atoms with Crippen molar-refractivity contribution >= 4 is 23.8 Å². The number of carboxylic acids is 1. The molecule has 0 aromatic rings. The molecule has 1 fully saturated rings. The fourth-order valence-corrected chi connectivity index (χ4v) is 3.20. The number of amides is 2. The summed E-state index contributed by atoms with van der Waals surface area (Å²) in [6, 6.07) is -0.163. The molecule has 7 heteroatoms. The predicted molar refractivity (Wildman–Crippen MR) is 79.2 cm³/mol. The first-order chi connectivity index (χ1) is 9.56. The SMILES string of the molecule is COCCN(CC(=O)O)C(=O)NC1CCCC(SC)C1. The van der Waals surface area contributed by atoms with E-state index in [-0.39, 0.29) is 25.2 Å². The molecule has 6 nitrogen and oxygen atoms in total. The molecular weight excluding hydrogens is 280 g/mol. The summed E-state index contributed by atoms with van der Waals surface area (Å²) in [5.41, 5.74) is 0. The van der Waals surface area contributed by atoms with E-state index in [1.54, 1.807) is 0 Å². The van der Waals surface area contributed by atoms with Crippen LogP contribution in [0.3, 0.4) is 0 Å². The zero-order valence-corrected chi connectivity index (χ0v) is 12.9. The summed E-state index contributed by atoms with van der Waals surface area (Å²) < 4.78 is 4.91. The van der Waals surface area contributed by atoms with Crippen LogP contribution >= 0.6 is 11.8 Å². The van der Waals surface area contributed by atoms with Gasteiger partial charge in [0.2, 0.25) is 0 Å². The minimum Gasteiger partial charge on any atom is -0.480 e. The highest BCUT2D eigenvalue weighted by molar-refractivity contribution is 7.99. The fourth-order valence-electron chi connectivity index (χ4n) is 2.37. The first kappa shape index (κ1) is 17.1. The molecule has 0 aliphatic heterocycles. The van der Waals surface area contributed by atoms with Gasteiger partial charge in [-0.1, -0.05) is 6.42 Å². The molecule has 2 N–H and O–H groups in total. The lowest BCUT2D eigenvalue weighted by atomic mass is 9.95. The second kappa shape index (κ2) is 9.07. The number of thioether (sulfide) groups is 1. The summed E-state index contributed by atoms with van der Waals surface area (Å²) in [7, 11) is 1.53. The largest absolute Gasteiger partial charge is 0.480 e. The molecule has 1 rings (SSSR count). The van der Waals surface area contributed by atoms with Crippen molar-refractivity contribution in [3.05, 3.63) is 0 Å². The van der Waals surface area contributed by atoms with E-state index in [1.807, 2.05) is 11.8 Å². The maximum Gasteiger partial charge on any atom is 0.323 e. The molecule has 116 valence electrons. The Labute approximate surface area is 124 Å². The van der Waals surface area contributed by atoms with Crippen molar-refractivity contribution in [1.82, 2.24) is 10.2 Å². The van der Waals surface area contributed by atoms with Crippen LogP contribution in [0.1, 0.15) is 25.7 Å². The van der Waals surface area contributed by atoms with Crippen LogP contribution in [0.2, 0.25) is 0 Å². The number of carboxylic acid groups (broad SMARTS) is 1. The third-order valence-electron chi connectivity index (χ3n) is 3.47. The summed E-state index contributed by atoms with van der Waals surface area (Å²) in [6.07, 6.45) is 6.31. The Bertz CT molecular complexity index is 327. The monoisotopic (exact) mass is 304 g/mol. The molecule has 0 spiro atoms. The van der Waals surface area contributed by atoms with Gasteiger partial charge < -0.3 is 20.1 Å². The Morgan fingerprint density at radius 1 is 1.45 bits per heavy atom. The van der Waals surface area contributed by atoms with Gasteiger partial charge in [-0.2, -0.15) is 11.8 Å². The van der Waals surface area contributed by atoms with Crippen LogP contribution in [0.4, 0.5) is 4.79 Å². The lowest BCUT2D eigenvalue weighted by Crippen LogP contribution is -2.49. The molecule has 0 aromatic heterocycles. The van der Waals surface area contributed by atoms with Gasteiger partial charge in [0.15, 0.2) is 0 Å². The normalized spacial score (nSPS) is 22.3. The Morgan fingerprint density at radius 2 is 2.20 bits per heavy atom. The third kappa shape index (κ3) is 6.00. The molecular formula is C13H24N2O4S. The minimum absolute atomic E-state index is 0.146. The Kier molecular flexibility index (Phi) is 7.76. The van der Waals surface area contributed by atoms with E-state index in [1.165, 1.54) is 18.4 Å². The highest BCUT2D eigenvalue weighted by Crippen LogP contribution is 2.26. The summed E-state index contributed by atoms with van der Waals surface area (Å²) >= 11 is 1.83. The molecule has 0 bridgehead atoms. The van der Waals surface area contributed by atoms with Crippen LogP contribution in [0.25, 0.3) is 0 Å². The molecule has 2 amide bonds. The van der Waals surface area contributed by atoms with E-state index in [9.17, 15) is 9.59 Å². The molecule has 1 aliphatic rings. The van der Waals surface area contributed by atoms with E-state index in [0.29, 0.717) is 11.9 Å². The Balaban J connectivity index is 2.49. The number of hydrogen-bond donors (Lipinski definition) is 2. The molecule has 1 saturated carbocycles. The number of nitrogens with zero attached hydrogens (tertiary/aromatic N) is 1. The number of ether oxygens (including phenoxy) is 1. The Morgan fingerprint density at radius 3 is 2.80 bits per heavy atom. The Hall–Kier alpha value is -0.950. The minimum atomic E-state index is -1.01. The van der Waals surface area contributed by atoms with Gasteiger partial charge >= 0.3 is 12.0 Å². The lowest BCUT2D eigenvalue weighted by molar-refractivity contribution is -0.137. The maximum atomic E-state index is 12.1. The van der Waals surface area contributed by atoms with Gasteiger partial charge in [0.1, 0.15) is 6.54 Å². The molecule has 2 unspecified atom stereocenters. The smallest absolute Gasteiger partial charge is 0.323 e. The standard InChI is InChI=1S/C13H24N2O4S/c1-19-7-6-15(9-12(16)17)13(18)14-10-4-3-5-11(8-10)20-2/h10-11H,3-9H2,1-2H3,(H,14,18)(H,16,17). The maximum absolute atomic E-state index is 12.1. The molecule has 2 atom stereocenters. The molecule has 20 heavy (non-hydrogen) atoms.